The molecule has 0 aromatic heterocycles. The summed E-state index contributed by atoms with van der Waals surface area (Å²) in [6, 6.07) is -0.422. The van der Waals surface area contributed by atoms with Crippen LogP contribution < -0.4 is 10.6 Å². The van der Waals surface area contributed by atoms with E-state index in [1.165, 1.54) is 0 Å². The van der Waals surface area contributed by atoms with E-state index in [-0.39, 0.29) is 43.8 Å². The number of carbonyl (C=O) groups is 2. The van der Waals surface area contributed by atoms with E-state index in [1.807, 2.05) is 6.92 Å². The molecule has 0 spiro atoms. The first kappa shape index (κ1) is 17.2. The average molecular weight is 280 g/mol. The summed E-state index contributed by atoms with van der Waals surface area (Å²) in [4.78, 5) is 25.2. The molecular weight excluding hydrogens is 258 g/mol. The molecule has 1 aliphatic heterocycles. The number of hydrogen-bond acceptors (Lipinski definition) is 4. The van der Waals surface area contributed by atoms with Crippen LogP contribution in [0.2, 0.25) is 0 Å². The third-order valence-electron chi connectivity index (χ3n) is 2.70. The SMILES string of the molecule is CCCN1CCNC(CC(=O)NCCO)C1=O.Cl. The number of nitrogens with zero attached hydrogens (tertiary/aromatic N) is 1. The molecule has 0 saturated carbocycles. The largest absolute Gasteiger partial charge is 0.395 e. The molecule has 0 aromatic carbocycles. The summed E-state index contributed by atoms with van der Waals surface area (Å²) < 4.78 is 0. The molecule has 1 aliphatic rings. The molecule has 106 valence electrons. The molecule has 7 heteroatoms. The van der Waals surface area contributed by atoms with Crippen LogP contribution >= 0.6 is 12.4 Å². The van der Waals surface area contributed by atoms with E-state index in [1.54, 1.807) is 4.90 Å². The van der Waals surface area contributed by atoms with Crippen LogP contribution in [0.3, 0.4) is 0 Å². The Labute approximate surface area is 114 Å². The van der Waals surface area contributed by atoms with Gasteiger partial charge in [-0.2, -0.15) is 0 Å². The van der Waals surface area contributed by atoms with Crippen molar-refractivity contribution in [1.29, 1.82) is 0 Å². The Morgan fingerprint density at radius 1 is 1.61 bits per heavy atom. The van der Waals surface area contributed by atoms with Crippen molar-refractivity contribution in [3.8, 4) is 0 Å². The number of rotatable bonds is 6. The number of nitrogens with one attached hydrogen (secondary N) is 2. The number of carbonyl (C=O) groups excluding carboxylic acids is 2. The fourth-order valence-electron chi connectivity index (χ4n) is 1.90. The van der Waals surface area contributed by atoms with Gasteiger partial charge in [-0.05, 0) is 6.42 Å². The van der Waals surface area contributed by atoms with Crippen molar-refractivity contribution < 1.29 is 14.7 Å². The third kappa shape index (κ3) is 5.20. The van der Waals surface area contributed by atoms with E-state index in [9.17, 15) is 9.59 Å². The number of hydrogen-bond donors (Lipinski definition) is 3. The zero-order chi connectivity index (χ0) is 12.7. The predicted molar refractivity (Wildman–Crippen MR) is 70.6 cm³/mol. The summed E-state index contributed by atoms with van der Waals surface area (Å²) in [7, 11) is 0. The molecular formula is C11H22ClN3O3. The minimum Gasteiger partial charge on any atom is -0.395 e. The quantitative estimate of drug-likeness (QED) is 0.590. The van der Waals surface area contributed by atoms with Crippen LogP contribution in [0.4, 0.5) is 0 Å². The van der Waals surface area contributed by atoms with Gasteiger partial charge in [0.15, 0.2) is 0 Å². The van der Waals surface area contributed by atoms with Gasteiger partial charge in [0.25, 0.3) is 0 Å². The summed E-state index contributed by atoms with van der Waals surface area (Å²) in [5, 5.41) is 14.2. The standard InChI is InChI=1S/C11H21N3O3.ClH/c1-2-5-14-6-3-12-9(11(14)17)8-10(16)13-4-7-15;/h9,12,15H,2-8H2,1H3,(H,13,16);1H. The van der Waals surface area contributed by atoms with Crippen LogP contribution in [0.5, 0.6) is 0 Å². The molecule has 1 atom stereocenters. The number of aliphatic hydroxyl groups is 1. The van der Waals surface area contributed by atoms with Crippen molar-refractivity contribution in [2.75, 3.05) is 32.8 Å². The Bertz CT molecular complexity index is 274. The molecule has 18 heavy (non-hydrogen) atoms. The molecule has 1 heterocycles. The van der Waals surface area contributed by atoms with E-state index >= 15 is 0 Å². The lowest BCUT2D eigenvalue weighted by molar-refractivity contribution is -0.138. The van der Waals surface area contributed by atoms with Crippen LogP contribution in [0.1, 0.15) is 19.8 Å². The lowest BCUT2D eigenvalue weighted by Crippen LogP contribution is -2.56. The van der Waals surface area contributed by atoms with Gasteiger partial charge in [0.1, 0.15) is 0 Å². The van der Waals surface area contributed by atoms with Crippen LogP contribution in [0, 0.1) is 0 Å². The third-order valence-corrected chi connectivity index (χ3v) is 2.70. The Morgan fingerprint density at radius 3 is 2.94 bits per heavy atom. The zero-order valence-electron chi connectivity index (χ0n) is 10.6. The van der Waals surface area contributed by atoms with Crippen LogP contribution in [0.15, 0.2) is 0 Å². The molecule has 2 amide bonds. The Morgan fingerprint density at radius 2 is 2.33 bits per heavy atom. The van der Waals surface area contributed by atoms with Gasteiger partial charge in [-0.1, -0.05) is 6.92 Å². The second kappa shape index (κ2) is 9.13. The van der Waals surface area contributed by atoms with Crippen molar-refractivity contribution in [2.45, 2.75) is 25.8 Å². The monoisotopic (exact) mass is 279 g/mol. The van der Waals surface area contributed by atoms with Crippen LogP contribution in [0.25, 0.3) is 0 Å². The van der Waals surface area contributed by atoms with Crippen LogP contribution in [-0.4, -0.2) is 60.6 Å². The lowest BCUT2D eigenvalue weighted by atomic mass is 10.1. The molecule has 3 N–H and O–H groups in total. The number of piperazine rings is 1. The second-order valence-electron chi connectivity index (χ2n) is 4.11. The number of halogens is 1. The summed E-state index contributed by atoms with van der Waals surface area (Å²) in [5.74, 6) is -0.208. The van der Waals surface area contributed by atoms with Crippen molar-refractivity contribution in [1.82, 2.24) is 15.5 Å². The Kier molecular flexibility index (Phi) is 8.70. The van der Waals surface area contributed by atoms with E-state index in [2.05, 4.69) is 10.6 Å². The van der Waals surface area contributed by atoms with Crippen LogP contribution in [-0.2, 0) is 9.59 Å². The maximum atomic E-state index is 12.0. The highest BCUT2D eigenvalue weighted by atomic mass is 35.5. The van der Waals surface area contributed by atoms with E-state index in [0.717, 1.165) is 19.5 Å². The smallest absolute Gasteiger partial charge is 0.240 e. The highest BCUT2D eigenvalue weighted by Gasteiger charge is 2.29. The number of aliphatic hydroxyl groups excluding tert-OH is 1. The van der Waals surface area contributed by atoms with E-state index in [0.29, 0.717) is 6.54 Å². The molecule has 1 fully saturated rings. The fraction of sp³-hybridized carbons (Fsp3) is 0.818. The Balaban J connectivity index is 0.00000289. The maximum Gasteiger partial charge on any atom is 0.240 e. The van der Waals surface area contributed by atoms with Gasteiger partial charge in [-0.3, -0.25) is 9.59 Å². The first-order chi connectivity index (χ1) is 8.19. The van der Waals surface area contributed by atoms with Crippen molar-refractivity contribution in [3.63, 3.8) is 0 Å². The second-order valence-corrected chi connectivity index (χ2v) is 4.11. The predicted octanol–water partition coefficient (Wildman–Crippen LogP) is -0.883. The molecule has 0 radical (unpaired) electrons. The van der Waals surface area contributed by atoms with Gasteiger partial charge >= 0.3 is 0 Å². The molecule has 6 nitrogen and oxygen atoms in total. The molecule has 1 saturated heterocycles. The number of amides is 2. The zero-order valence-corrected chi connectivity index (χ0v) is 11.5. The maximum absolute atomic E-state index is 12.0. The van der Waals surface area contributed by atoms with E-state index < -0.39 is 6.04 Å². The minimum atomic E-state index is -0.422. The summed E-state index contributed by atoms with van der Waals surface area (Å²) in [6.07, 6.45) is 1.06. The molecule has 1 rings (SSSR count). The van der Waals surface area contributed by atoms with Gasteiger partial charge in [0.05, 0.1) is 19.1 Å². The first-order valence-corrected chi connectivity index (χ1v) is 6.08. The van der Waals surface area contributed by atoms with E-state index in [4.69, 9.17) is 5.11 Å². The average Bonchev–Trinajstić information content (AvgIpc) is 2.32. The van der Waals surface area contributed by atoms with Crippen molar-refractivity contribution in [2.24, 2.45) is 0 Å². The topological polar surface area (TPSA) is 81.7 Å². The van der Waals surface area contributed by atoms with Gasteiger partial charge < -0.3 is 20.6 Å². The molecule has 0 aliphatic carbocycles. The van der Waals surface area contributed by atoms with Gasteiger partial charge in [0.2, 0.25) is 11.8 Å². The molecule has 0 aromatic rings. The van der Waals surface area contributed by atoms with Gasteiger partial charge in [-0.15, -0.1) is 12.4 Å². The minimum absolute atomic E-state index is 0. The highest BCUT2D eigenvalue weighted by molar-refractivity contribution is 5.88. The fourth-order valence-corrected chi connectivity index (χ4v) is 1.90. The Hall–Kier alpha value is -0.850. The van der Waals surface area contributed by atoms with Crippen molar-refractivity contribution in [3.05, 3.63) is 0 Å². The highest BCUT2D eigenvalue weighted by Crippen LogP contribution is 2.05. The lowest BCUT2D eigenvalue weighted by Gasteiger charge is -2.32. The van der Waals surface area contributed by atoms with Crippen molar-refractivity contribution >= 4 is 24.2 Å². The summed E-state index contributed by atoms with van der Waals surface area (Å²) >= 11 is 0. The van der Waals surface area contributed by atoms with Gasteiger partial charge in [-0.25, -0.2) is 0 Å². The molecule has 1 unspecified atom stereocenters. The first-order valence-electron chi connectivity index (χ1n) is 6.08. The molecule has 0 bridgehead atoms. The normalized spacial score (nSPS) is 19.3. The summed E-state index contributed by atoms with van der Waals surface area (Å²) in [5.41, 5.74) is 0. The van der Waals surface area contributed by atoms with Gasteiger partial charge in [0, 0.05) is 26.2 Å². The summed E-state index contributed by atoms with van der Waals surface area (Å²) in [6.45, 7) is 4.36.